The Labute approximate surface area is 158 Å². The van der Waals surface area contributed by atoms with Crippen LogP contribution in [0, 0.1) is 5.92 Å². The standard InChI is InChI=1S/C19H25ClN4O2/c1-14(2)13-17(23-18(25)15-5-7-16(20)8-6-15)19(26)21-9-3-11-24-12-4-10-22-24/h4-8,10,12,14,17H,3,9,11,13H2,1-2H3,(H,21,26)(H,23,25). The molecule has 1 aromatic heterocycles. The first kappa shape index (κ1) is 20.0. The van der Waals surface area contributed by atoms with Crippen molar-refractivity contribution in [1.29, 1.82) is 0 Å². The lowest BCUT2D eigenvalue weighted by atomic mass is 10.0. The summed E-state index contributed by atoms with van der Waals surface area (Å²) in [6.45, 7) is 5.31. The highest BCUT2D eigenvalue weighted by molar-refractivity contribution is 6.30. The maximum Gasteiger partial charge on any atom is 0.251 e. The summed E-state index contributed by atoms with van der Waals surface area (Å²) in [5, 5.41) is 10.4. The van der Waals surface area contributed by atoms with Gasteiger partial charge in [-0.2, -0.15) is 5.10 Å². The first-order valence-electron chi connectivity index (χ1n) is 8.77. The van der Waals surface area contributed by atoms with Crippen molar-refractivity contribution in [1.82, 2.24) is 20.4 Å². The third kappa shape index (κ3) is 6.52. The minimum atomic E-state index is -0.567. The molecule has 0 bridgehead atoms. The normalized spacial score (nSPS) is 12.0. The van der Waals surface area contributed by atoms with E-state index in [2.05, 4.69) is 15.7 Å². The Balaban J connectivity index is 1.87. The fraction of sp³-hybridized carbons (Fsp3) is 0.421. The van der Waals surface area contributed by atoms with E-state index in [9.17, 15) is 9.59 Å². The van der Waals surface area contributed by atoms with E-state index >= 15 is 0 Å². The summed E-state index contributed by atoms with van der Waals surface area (Å²) in [7, 11) is 0. The smallest absolute Gasteiger partial charge is 0.251 e. The zero-order valence-electron chi connectivity index (χ0n) is 15.1. The molecule has 1 aromatic carbocycles. The van der Waals surface area contributed by atoms with Crippen LogP contribution in [0.25, 0.3) is 0 Å². The third-order valence-corrected chi connectivity index (χ3v) is 4.11. The Kier molecular flexibility index (Phi) is 7.66. The molecule has 1 atom stereocenters. The number of carbonyl (C=O) groups is 2. The van der Waals surface area contributed by atoms with Crippen molar-refractivity contribution in [3.05, 3.63) is 53.3 Å². The molecule has 2 amide bonds. The molecule has 26 heavy (non-hydrogen) atoms. The van der Waals surface area contributed by atoms with Crippen LogP contribution in [-0.4, -0.2) is 34.2 Å². The van der Waals surface area contributed by atoms with E-state index in [1.54, 1.807) is 30.5 Å². The number of hydrogen-bond donors (Lipinski definition) is 2. The number of benzene rings is 1. The van der Waals surface area contributed by atoms with Crippen LogP contribution >= 0.6 is 11.6 Å². The zero-order valence-corrected chi connectivity index (χ0v) is 15.9. The molecule has 2 aromatic rings. The number of carbonyl (C=O) groups excluding carboxylic acids is 2. The lowest BCUT2D eigenvalue weighted by Crippen LogP contribution is -2.47. The Bertz CT molecular complexity index is 699. The van der Waals surface area contributed by atoms with Gasteiger partial charge in [-0.1, -0.05) is 25.4 Å². The largest absolute Gasteiger partial charge is 0.354 e. The van der Waals surface area contributed by atoms with Gasteiger partial charge < -0.3 is 10.6 Å². The van der Waals surface area contributed by atoms with Gasteiger partial charge in [-0.05, 0) is 49.1 Å². The molecule has 2 N–H and O–H groups in total. The van der Waals surface area contributed by atoms with Crippen molar-refractivity contribution < 1.29 is 9.59 Å². The van der Waals surface area contributed by atoms with Crippen LogP contribution in [0.5, 0.6) is 0 Å². The second-order valence-electron chi connectivity index (χ2n) is 6.58. The quantitative estimate of drug-likeness (QED) is 0.661. The molecule has 0 saturated heterocycles. The molecular formula is C19H25ClN4O2. The van der Waals surface area contributed by atoms with E-state index in [1.165, 1.54) is 0 Å². The predicted molar refractivity (Wildman–Crippen MR) is 102 cm³/mol. The minimum absolute atomic E-state index is 0.165. The molecule has 0 fully saturated rings. The van der Waals surface area contributed by atoms with Gasteiger partial charge >= 0.3 is 0 Å². The SMILES string of the molecule is CC(C)CC(NC(=O)c1ccc(Cl)cc1)C(=O)NCCCn1cccn1. The van der Waals surface area contributed by atoms with Crippen LogP contribution in [0.4, 0.5) is 0 Å². The average molecular weight is 377 g/mol. The molecule has 2 rings (SSSR count). The number of nitrogens with zero attached hydrogens (tertiary/aromatic N) is 2. The lowest BCUT2D eigenvalue weighted by molar-refractivity contribution is -0.123. The molecule has 0 aliphatic carbocycles. The number of rotatable bonds is 9. The molecule has 140 valence electrons. The molecule has 0 aliphatic heterocycles. The van der Waals surface area contributed by atoms with Crippen LogP contribution in [0.15, 0.2) is 42.7 Å². The van der Waals surface area contributed by atoms with Gasteiger partial charge in [0.1, 0.15) is 6.04 Å². The summed E-state index contributed by atoms with van der Waals surface area (Å²) >= 11 is 5.85. The second kappa shape index (κ2) is 9.97. The van der Waals surface area contributed by atoms with Gasteiger partial charge in [0.2, 0.25) is 5.91 Å². The fourth-order valence-electron chi connectivity index (χ4n) is 2.55. The Morgan fingerprint density at radius 2 is 1.96 bits per heavy atom. The summed E-state index contributed by atoms with van der Waals surface area (Å²) in [6, 6.07) is 7.90. The van der Waals surface area contributed by atoms with Crippen LogP contribution in [0.2, 0.25) is 5.02 Å². The Morgan fingerprint density at radius 3 is 2.58 bits per heavy atom. The van der Waals surface area contributed by atoms with E-state index in [0.717, 1.165) is 13.0 Å². The number of amides is 2. The first-order valence-corrected chi connectivity index (χ1v) is 9.15. The van der Waals surface area contributed by atoms with E-state index in [0.29, 0.717) is 23.6 Å². The molecule has 0 radical (unpaired) electrons. The highest BCUT2D eigenvalue weighted by Gasteiger charge is 2.22. The fourth-order valence-corrected chi connectivity index (χ4v) is 2.68. The number of aromatic nitrogens is 2. The van der Waals surface area contributed by atoms with E-state index in [-0.39, 0.29) is 17.7 Å². The molecule has 0 saturated carbocycles. The summed E-state index contributed by atoms with van der Waals surface area (Å²) in [4.78, 5) is 24.9. The second-order valence-corrected chi connectivity index (χ2v) is 7.01. The lowest BCUT2D eigenvalue weighted by Gasteiger charge is -2.20. The molecule has 0 spiro atoms. The molecule has 7 heteroatoms. The number of nitrogens with one attached hydrogen (secondary N) is 2. The van der Waals surface area contributed by atoms with Gasteiger partial charge in [-0.25, -0.2) is 0 Å². The Hall–Kier alpha value is -2.34. The van der Waals surface area contributed by atoms with Gasteiger partial charge in [0, 0.05) is 36.1 Å². The highest BCUT2D eigenvalue weighted by Crippen LogP contribution is 2.11. The van der Waals surface area contributed by atoms with E-state index in [4.69, 9.17) is 11.6 Å². The third-order valence-electron chi connectivity index (χ3n) is 3.86. The monoisotopic (exact) mass is 376 g/mol. The van der Waals surface area contributed by atoms with Gasteiger partial charge in [0.05, 0.1) is 0 Å². The molecule has 0 aliphatic rings. The van der Waals surface area contributed by atoms with Gasteiger partial charge in [0.15, 0.2) is 0 Å². The number of aryl methyl sites for hydroxylation is 1. The van der Waals surface area contributed by atoms with Crippen molar-refractivity contribution in [3.8, 4) is 0 Å². The maximum absolute atomic E-state index is 12.5. The first-order chi connectivity index (χ1) is 12.5. The average Bonchev–Trinajstić information content (AvgIpc) is 3.11. The van der Waals surface area contributed by atoms with Crippen molar-refractivity contribution in [2.24, 2.45) is 5.92 Å². The number of hydrogen-bond acceptors (Lipinski definition) is 3. The van der Waals surface area contributed by atoms with Gasteiger partial charge in [-0.15, -0.1) is 0 Å². The van der Waals surface area contributed by atoms with Crippen molar-refractivity contribution in [2.75, 3.05) is 6.54 Å². The van der Waals surface area contributed by atoms with Crippen LogP contribution in [0.1, 0.15) is 37.0 Å². The minimum Gasteiger partial charge on any atom is -0.354 e. The summed E-state index contributed by atoms with van der Waals surface area (Å²) in [5.74, 6) is -0.166. The van der Waals surface area contributed by atoms with Crippen LogP contribution in [-0.2, 0) is 11.3 Å². The van der Waals surface area contributed by atoms with Crippen LogP contribution < -0.4 is 10.6 Å². The van der Waals surface area contributed by atoms with Crippen molar-refractivity contribution >= 4 is 23.4 Å². The molecule has 1 heterocycles. The maximum atomic E-state index is 12.5. The summed E-state index contributed by atoms with van der Waals surface area (Å²) < 4.78 is 1.82. The van der Waals surface area contributed by atoms with Gasteiger partial charge in [0.25, 0.3) is 5.91 Å². The topological polar surface area (TPSA) is 76.0 Å². The number of halogens is 1. The zero-order chi connectivity index (χ0) is 18.9. The Morgan fingerprint density at radius 1 is 1.23 bits per heavy atom. The van der Waals surface area contributed by atoms with Gasteiger partial charge in [-0.3, -0.25) is 14.3 Å². The van der Waals surface area contributed by atoms with E-state index < -0.39 is 6.04 Å². The summed E-state index contributed by atoms with van der Waals surface area (Å²) in [6.07, 6.45) is 4.95. The van der Waals surface area contributed by atoms with E-state index in [1.807, 2.05) is 30.8 Å². The molecular weight excluding hydrogens is 352 g/mol. The highest BCUT2D eigenvalue weighted by atomic mass is 35.5. The molecule has 6 nitrogen and oxygen atoms in total. The predicted octanol–water partition coefficient (Wildman–Crippen LogP) is 2.89. The van der Waals surface area contributed by atoms with Crippen LogP contribution in [0.3, 0.4) is 0 Å². The molecule has 1 unspecified atom stereocenters. The summed E-state index contributed by atoms with van der Waals surface area (Å²) in [5.41, 5.74) is 0.481. The van der Waals surface area contributed by atoms with Crippen molar-refractivity contribution in [2.45, 2.75) is 39.3 Å². The van der Waals surface area contributed by atoms with Crippen molar-refractivity contribution in [3.63, 3.8) is 0 Å².